The van der Waals surface area contributed by atoms with Crippen molar-refractivity contribution < 1.29 is 29.2 Å². The number of hydrogen-bond acceptors (Lipinski definition) is 7. The van der Waals surface area contributed by atoms with E-state index in [2.05, 4.69) is 10.1 Å². The Morgan fingerprint density at radius 2 is 2.09 bits per heavy atom. The van der Waals surface area contributed by atoms with Gasteiger partial charge in [0.2, 0.25) is 5.91 Å². The summed E-state index contributed by atoms with van der Waals surface area (Å²) in [6.45, 7) is -0.890. The van der Waals surface area contributed by atoms with E-state index in [1.165, 1.54) is 12.1 Å². The van der Waals surface area contributed by atoms with E-state index >= 15 is 0 Å². The number of aliphatic hydroxyl groups is 1. The van der Waals surface area contributed by atoms with Crippen molar-refractivity contribution in [2.45, 2.75) is 0 Å². The van der Waals surface area contributed by atoms with Crippen LogP contribution in [-0.4, -0.2) is 59.1 Å². The number of nitrogens with one attached hydrogen (secondary N) is 1. The van der Waals surface area contributed by atoms with Crippen molar-refractivity contribution in [3.8, 4) is 0 Å². The van der Waals surface area contributed by atoms with E-state index in [9.17, 15) is 24.5 Å². The molecule has 0 unspecified atom stereocenters. The fourth-order valence-electron chi connectivity index (χ4n) is 2.14. The Balaban J connectivity index is 2.10. The molecule has 0 saturated carbocycles. The van der Waals surface area contributed by atoms with Gasteiger partial charge < -0.3 is 15.2 Å². The fraction of sp³-hybridized carbons (Fsp3) is 0.308. The van der Waals surface area contributed by atoms with Crippen molar-refractivity contribution >= 4 is 23.4 Å². The molecular weight excluding hydrogens is 310 g/mol. The monoisotopic (exact) mass is 323 g/mol. The number of amides is 3. The Kier molecular flexibility index (Phi) is 4.98. The molecule has 10 heteroatoms. The van der Waals surface area contributed by atoms with Gasteiger partial charge >= 0.3 is 0 Å². The van der Waals surface area contributed by atoms with Gasteiger partial charge in [0.15, 0.2) is 0 Å². The van der Waals surface area contributed by atoms with Crippen LogP contribution in [0, 0.1) is 10.1 Å². The number of carbonyl (C=O) groups is 3. The van der Waals surface area contributed by atoms with Gasteiger partial charge in [0.25, 0.3) is 17.5 Å². The molecule has 1 aromatic rings. The second-order valence-electron chi connectivity index (χ2n) is 4.54. The van der Waals surface area contributed by atoms with Crippen LogP contribution < -0.4 is 5.32 Å². The molecule has 0 aromatic heterocycles. The first-order valence-corrected chi connectivity index (χ1v) is 6.56. The van der Waals surface area contributed by atoms with Crippen LogP contribution in [0.1, 0.15) is 20.7 Å². The van der Waals surface area contributed by atoms with E-state index in [4.69, 9.17) is 5.11 Å². The van der Waals surface area contributed by atoms with Gasteiger partial charge in [0.1, 0.15) is 18.9 Å². The van der Waals surface area contributed by atoms with E-state index in [0.29, 0.717) is 4.90 Å². The lowest BCUT2D eigenvalue weighted by molar-refractivity contribution is -0.385. The first-order valence-electron chi connectivity index (χ1n) is 6.56. The average Bonchev–Trinajstić information content (AvgIpc) is 2.76. The van der Waals surface area contributed by atoms with E-state index in [1.54, 1.807) is 0 Å². The number of nitro groups is 1. The second kappa shape index (κ2) is 6.94. The number of benzene rings is 1. The maximum absolute atomic E-state index is 12.2. The summed E-state index contributed by atoms with van der Waals surface area (Å²) < 4.78 is 4.61. The Labute approximate surface area is 129 Å². The SMILES string of the molecule is O=C(CN1C(=O)c2cccc([N+](=O)[O-])c2C1=O)NCCOCO. The number of carbonyl (C=O) groups excluding carboxylic acids is 3. The van der Waals surface area contributed by atoms with Crippen LogP contribution in [0.4, 0.5) is 5.69 Å². The molecule has 0 aliphatic carbocycles. The molecule has 3 amide bonds. The van der Waals surface area contributed by atoms with Crippen LogP contribution >= 0.6 is 0 Å². The Hall–Kier alpha value is -2.85. The maximum atomic E-state index is 12.2. The minimum atomic E-state index is -0.876. The van der Waals surface area contributed by atoms with Gasteiger partial charge in [-0.05, 0) is 6.07 Å². The van der Waals surface area contributed by atoms with Crippen molar-refractivity contribution in [2.24, 2.45) is 0 Å². The largest absolute Gasteiger partial charge is 0.371 e. The van der Waals surface area contributed by atoms with E-state index in [1.807, 2.05) is 0 Å². The van der Waals surface area contributed by atoms with Gasteiger partial charge in [0.05, 0.1) is 17.1 Å². The summed E-state index contributed by atoms with van der Waals surface area (Å²) in [6, 6.07) is 3.73. The number of ether oxygens (including phenoxy) is 1. The molecule has 0 fully saturated rings. The van der Waals surface area contributed by atoms with E-state index < -0.39 is 41.7 Å². The van der Waals surface area contributed by atoms with Crippen LogP contribution in [0.2, 0.25) is 0 Å². The zero-order valence-corrected chi connectivity index (χ0v) is 11.9. The predicted octanol–water partition coefficient (Wildman–Crippen LogP) is -0.727. The predicted molar refractivity (Wildman–Crippen MR) is 74.5 cm³/mol. The number of imide groups is 1. The second-order valence-corrected chi connectivity index (χ2v) is 4.54. The molecule has 0 bridgehead atoms. The van der Waals surface area contributed by atoms with Crippen molar-refractivity contribution in [1.29, 1.82) is 0 Å². The quantitative estimate of drug-likeness (QED) is 0.222. The molecule has 122 valence electrons. The normalized spacial score (nSPS) is 13.2. The van der Waals surface area contributed by atoms with Gasteiger partial charge in [-0.2, -0.15) is 0 Å². The van der Waals surface area contributed by atoms with Crippen molar-refractivity contribution in [2.75, 3.05) is 26.5 Å². The van der Waals surface area contributed by atoms with Crippen molar-refractivity contribution in [3.63, 3.8) is 0 Å². The third kappa shape index (κ3) is 3.33. The molecule has 1 heterocycles. The summed E-state index contributed by atoms with van der Waals surface area (Å²) >= 11 is 0. The molecule has 1 aliphatic rings. The minimum Gasteiger partial charge on any atom is -0.371 e. The van der Waals surface area contributed by atoms with Crippen LogP contribution in [0.3, 0.4) is 0 Å². The molecule has 0 saturated heterocycles. The van der Waals surface area contributed by atoms with Gasteiger partial charge in [0, 0.05) is 12.6 Å². The third-order valence-corrected chi connectivity index (χ3v) is 3.14. The van der Waals surface area contributed by atoms with Gasteiger partial charge in [-0.25, -0.2) is 0 Å². The summed E-state index contributed by atoms with van der Waals surface area (Å²) in [6.07, 6.45) is 0. The number of hydrogen-bond donors (Lipinski definition) is 2. The standard InChI is InChI=1S/C13H13N3O7/c17-7-23-5-4-14-10(18)6-15-12(19)8-2-1-3-9(16(21)22)11(8)13(15)20/h1-3,17H,4-7H2,(H,14,18). The fourth-order valence-corrected chi connectivity index (χ4v) is 2.14. The Morgan fingerprint density at radius 1 is 1.35 bits per heavy atom. The molecule has 10 nitrogen and oxygen atoms in total. The highest BCUT2D eigenvalue weighted by molar-refractivity contribution is 6.24. The van der Waals surface area contributed by atoms with Crippen LogP contribution in [0.25, 0.3) is 0 Å². The highest BCUT2D eigenvalue weighted by Crippen LogP contribution is 2.30. The summed E-state index contributed by atoms with van der Waals surface area (Å²) in [4.78, 5) is 46.9. The van der Waals surface area contributed by atoms with Crippen LogP contribution in [0.5, 0.6) is 0 Å². The summed E-state index contributed by atoms with van der Waals surface area (Å²) in [5, 5.41) is 21.8. The topological polar surface area (TPSA) is 139 Å². The number of fused-ring (bicyclic) bond motifs is 1. The van der Waals surface area contributed by atoms with Gasteiger partial charge in [-0.3, -0.25) is 29.4 Å². The Bertz CT molecular complexity index is 674. The van der Waals surface area contributed by atoms with Crippen molar-refractivity contribution in [3.05, 3.63) is 39.4 Å². The molecule has 0 spiro atoms. The van der Waals surface area contributed by atoms with E-state index in [-0.39, 0.29) is 24.3 Å². The minimum absolute atomic E-state index is 0.0653. The molecule has 2 rings (SSSR count). The summed E-state index contributed by atoms with van der Waals surface area (Å²) in [7, 11) is 0. The van der Waals surface area contributed by atoms with E-state index in [0.717, 1.165) is 6.07 Å². The average molecular weight is 323 g/mol. The molecular formula is C13H13N3O7. The lowest BCUT2D eigenvalue weighted by Crippen LogP contribution is -2.41. The zero-order chi connectivity index (χ0) is 17.0. The molecule has 0 radical (unpaired) electrons. The lowest BCUT2D eigenvalue weighted by atomic mass is 10.1. The highest BCUT2D eigenvalue weighted by Gasteiger charge is 2.41. The van der Waals surface area contributed by atoms with Crippen LogP contribution in [0.15, 0.2) is 18.2 Å². The molecule has 1 aliphatic heterocycles. The number of nitro benzene ring substituents is 1. The summed E-state index contributed by atoms with van der Waals surface area (Å²) in [5.74, 6) is -2.25. The third-order valence-electron chi connectivity index (χ3n) is 3.14. The summed E-state index contributed by atoms with van der Waals surface area (Å²) in [5.41, 5.74) is -0.875. The highest BCUT2D eigenvalue weighted by atomic mass is 16.6. The van der Waals surface area contributed by atoms with Crippen LogP contribution in [-0.2, 0) is 9.53 Å². The molecule has 23 heavy (non-hydrogen) atoms. The Morgan fingerprint density at radius 3 is 2.74 bits per heavy atom. The maximum Gasteiger partial charge on any atom is 0.282 e. The number of aliphatic hydroxyl groups excluding tert-OH is 1. The first kappa shape index (κ1) is 16.5. The molecule has 1 aromatic carbocycles. The smallest absolute Gasteiger partial charge is 0.282 e. The van der Waals surface area contributed by atoms with Gasteiger partial charge in [-0.15, -0.1) is 0 Å². The first-order chi connectivity index (χ1) is 11.0. The number of nitrogens with zero attached hydrogens (tertiary/aromatic N) is 2. The number of rotatable bonds is 7. The lowest BCUT2D eigenvalue weighted by Gasteiger charge is -2.13. The molecule has 0 atom stereocenters. The van der Waals surface area contributed by atoms with Gasteiger partial charge in [-0.1, -0.05) is 6.07 Å². The van der Waals surface area contributed by atoms with Crippen molar-refractivity contribution in [1.82, 2.24) is 10.2 Å². The zero-order valence-electron chi connectivity index (χ0n) is 11.9. The molecule has 2 N–H and O–H groups in total.